The van der Waals surface area contributed by atoms with E-state index < -0.39 is 5.91 Å². The van der Waals surface area contributed by atoms with Crippen molar-refractivity contribution in [1.82, 2.24) is 0 Å². The van der Waals surface area contributed by atoms with E-state index in [1.807, 2.05) is 74.3 Å². The lowest BCUT2D eigenvalue weighted by atomic mass is 10.1. The van der Waals surface area contributed by atoms with Crippen molar-refractivity contribution in [3.8, 4) is 5.75 Å². The number of carbonyl (C=O) groups is 3. The molecule has 188 valence electrons. The molecule has 8 nitrogen and oxygen atoms in total. The number of hydrogen-bond donors (Lipinski definition) is 1. The SMILES string of the molecule is Cc1cccc(N(C)CC(=O)N(CC(=O)N(C)c2ccccc2)c2ccccc2OCC(N)=O)c1C. The zero-order valence-corrected chi connectivity index (χ0v) is 21.1. The lowest BCUT2D eigenvalue weighted by Gasteiger charge is -2.29. The number of para-hydroxylation sites is 3. The molecule has 0 saturated carbocycles. The van der Waals surface area contributed by atoms with Gasteiger partial charge in [0, 0.05) is 25.5 Å². The first-order valence-electron chi connectivity index (χ1n) is 11.6. The highest BCUT2D eigenvalue weighted by Crippen LogP contribution is 2.29. The fourth-order valence-corrected chi connectivity index (χ4v) is 3.82. The first-order valence-corrected chi connectivity index (χ1v) is 11.6. The van der Waals surface area contributed by atoms with Crippen LogP contribution < -0.4 is 25.2 Å². The van der Waals surface area contributed by atoms with E-state index in [2.05, 4.69) is 0 Å². The van der Waals surface area contributed by atoms with Crippen LogP contribution in [-0.2, 0) is 14.4 Å². The van der Waals surface area contributed by atoms with Crippen molar-refractivity contribution in [3.63, 3.8) is 0 Å². The Balaban J connectivity index is 1.92. The van der Waals surface area contributed by atoms with E-state index in [0.717, 1.165) is 16.8 Å². The van der Waals surface area contributed by atoms with Gasteiger partial charge in [-0.05, 0) is 55.3 Å². The Hall–Kier alpha value is -4.33. The summed E-state index contributed by atoms with van der Waals surface area (Å²) in [5.41, 5.74) is 9.46. The fraction of sp³-hybridized carbons (Fsp3) is 0.250. The van der Waals surface area contributed by atoms with Gasteiger partial charge in [-0.25, -0.2) is 0 Å². The van der Waals surface area contributed by atoms with Gasteiger partial charge >= 0.3 is 0 Å². The number of carbonyl (C=O) groups excluding carboxylic acids is 3. The molecule has 3 amide bonds. The number of benzene rings is 3. The van der Waals surface area contributed by atoms with Crippen LogP contribution in [0.2, 0.25) is 0 Å². The third kappa shape index (κ3) is 6.41. The van der Waals surface area contributed by atoms with Crippen LogP contribution in [0.1, 0.15) is 11.1 Å². The van der Waals surface area contributed by atoms with Gasteiger partial charge in [-0.3, -0.25) is 19.3 Å². The average Bonchev–Trinajstić information content (AvgIpc) is 2.87. The second-order valence-electron chi connectivity index (χ2n) is 8.57. The van der Waals surface area contributed by atoms with Crippen LogP contribution in [0, 0.1) is 13.8 Å². The van der Waals surface area contributed by atoms with Gasteiger partial charge in [-0.15, -0.1) is 0 Å². The number of amides is 3. The topological polar surface area (TPSA) is 96.2 Å². The van der Waals surface area contributed by atoms with Gasteiger partial charge in [0.25, 0.3) is 5.91 Å². The van der Waals surface area contributed by atoms with Gasteiger partial charge in [-0.1, -0.05) is 42.5 Å². The van der Waals surface area contributed by atoms with Gasteiger partial charge < -0.3 is 20.3 Å². The van der Waals surface area contributed by atoms with E-state index in [4.69, 9.17) is 10.5 Å². The van der Waals surface area contributed by atoms with E-state index in [9.17, 15) is 14.4 Å². The van der Waals surface area contributed by atoms with Crippen LogP contribution in [0.3, 0.4) is 0 Å². The molecule has 8 heteroatoms. The molecule has 0 aliphatic rings. The van der Waals surface area contributed by atoms with E-state index in [1.165, 1.54) is 9.80 Å². The molecule has 0 unspecified atom stereocenters. The maximum Gasteiger partial charge on any atom is 0.255 e. The standard InChI is InChI=1S/C28H32N4O4/c1-20-11-10-15-23(21(20)2)30(3)17-28(35)32(18-27(34)31(4)22-12-6-5-7-13-22)24-14-8-9-16-25(24)36-19-26(29)33/h5-16H,17-19H2,1-4H3,(H2,29,33). The fourth-order valence-electron chi connectivity index (χ4n) is 3.82. The normalized spacial score (nSPS) is 10.4. The Labute approximate surface area is 211 Å². The number of hydrogen-bond acceptors (Lipinski definition) is 5. The zero-order valence-electron chi connectivity index (χ0n) is 21.1. The number of nitrogens with zero attached hydrogens (tertiary/aromatic N) is 3. The van der Waals surface area contributed by atoms with Crippen molar-refractivity contribution in [2.24, 2.45) is 5.73 Å². The average molecular weight is 489 g/mol. The molecule has 0 atom stereocenters. The monoisotopic (exact) mass is 488 g/mol. The third-order valence-electron chi connectivity index (χ3n) is 6.00. The molecule has 0 aromatic heterocycles. The summed E-state index contributed by atoms with van der Waals surface area (Å²) in [5.74, 6) is -0.941. The molecule has 0 fully saturated rings. The molecule has 2 N–H and O–H groups in total. The second kappa shape index (κ2) is 11.9. The summed E-state index contributed by atoms with van der Waals surface area (Å²) in [4.78, 5) is 43.0. The highest BCUT2D eigenvalue weighted by molar-refractivity contribution is 6.05. The molecule has 3 aromatic carbocycles. The van der Waals surface area contributed by atoms with Crippen molar-refractivity contribution in [2.75, 3.05) is 48.5 Å². The number of likely N-dealkylation sites (N-methyl/N-ethyl adjacent to an activating group) is 2. The second-order valence-corrected chi connectivity index (χ2v) is 8.57. The summed E-state index contributed by atoms with van der Waals surface area (Å²) >= 11 is 0. The Kier molecular flexibility index (Phi) is 8.67. The Morgan fingerprint density at radius 3 is 2.11 bits per heavy atom. The van der Waals surface area contributed by atoms with Crippen LogP contribution in [0.25, 0.3) is 0 Å². The van der Waals surface area contributed by atoms with Crippen LogP contribution in [0.15, 0.2) is 72.8 Å². The zero-order chi connectivity index (χ0) is 26.2. The van der Waals surface area contributed by atoms with Crippen molar-refractivity contribution in [2.45, 2.75) is 13.8 Å². The minimum Gasteiger partial charge on any atom is -0.482 e. The smallest absolute Gasteiger partial charge is 0.255 e. The van der Waals surface area contributed by atoms with Gasteiger partial charge in [0.1, 0.15) is 12.3 Å². The molecule has 0 saturated heterocycles. The van der Waals surface area contributed by atoms with Crippen LogP contribution in [0.5, 0.6) is 5.75 Å². The third-order valence-corrected chi connectivity index (χ3v) is 6.00. The minimum absolute atomic E-state index is 0.0246. The van der Waals surface area contributed by atoms with E-state index in [1.54, 1.807) is 31.3 Å². The largest absolute Gasteiger partial charge is 0.482 e. The van der Waals surface area contributed by atoms with Crippen LogP contribution in [0.4, 0.5) is 17.1 Å². The maximum atomic E-state index is 13.7. The lowest BCUT2D eigenvalue weighted by Crippen LogP contribution is -2.45. The molecule has 0 aliphatic carbocycles. The van der Waals surface area contributed by atoms with Crippen LogP contribution in [-0.4, -0.2) is 51.5 Å². The molecule has 0 aliphatic heterocycles. The maximum absolute atomic E-state index is 13.7. The quantitative estimate of drug-likeness (QED) is 0.472. The van der Waals surface area contributed by atoms with E-state index in [-0.39, 0.29) is 37.3 Å². The summed E-state index contributed by atoms with van der Waals surface area (Å²) in [5, 5.41) is 0. The highest BCUT2D eigenvalue weighted by Gasteiger charge is 2.26. The number of anilines is 3. The Morgan fingerprint density at radius 2 is 1.42 bits per heavy atom. The summed E-state index contributed by atoms with van der Waals surface area (Å²) in [6.45, 7) is 3.48. The molecule has 0 bridgehead atoms. The molecule has 3 aromatic rings. The van der Waals surface area contributed by atoms with Crippen molar-refractivity contribution in [3.05, 3.63) is 83.9 Å². The molecule has 0 heterocycles. The highest BCUT2D eigenvalue weighted by atomic mass is 16.5. The van der Waals surface area contributed by atoms with E-state index in [0.29, 0.717) is 11.4 Å². The predicted molar refractivity (Wildman–Crippen MR) is 143 cm³/mol. The van der Waals surface area contributed by atoms with Gasteiger partial charge in [-0.2, -0.15) is 0 Å². The first kappa shape index (κ1) is 26.3. The van der Waals surface area contributed by atoms with Gasteiger partial charge in [0.15, 0.2) is 6.61 Å². The minimum atomic E-state index is -0.641. The summed E-state index contributed by atoms with van der Waals surface area (Å²) in [7, 11) is 3.50. The summed E-state index contributed by atoms with van der Waals surface area (Å²) in [6.07, 6.45) is 0. The molecular formula is C28H32N4O4. The Bertz CT molecular complexity index is 1230. The summed E-state index contributed by atoms with van der Waals surface area (Å²) in [6, 6.07) is 21.9. The van der Waals surface area contributed by atoms with Gasteiger partial charge in [0.05, 0.1) is 12.2 Å². The molecule has 0 spiro atoms. The molecule has 36 heavy (non-hydrogen) atoms. The lowest BCUT2D eigenvalue weighted by molar-refractivity contribution is -0.121. The predicted octanol–water partition coefficient (Wildman–Crippen LogP) is 3.30. The molecule has 0 radical (unpaired) electrons. The van der Waals surface area contributed by atoms with Crippen LogP contribution >= 0.6 is 0 Å². The molecular weight excluding hydrogens is 456 g/mol. The number of rotatable bonds is 10. The van der Waals surface area contributed by atoms with Crippen molar-refractivity contribution >= 4 is 34.8 Å². The van der Waals surface area contributed by atoms with Crippen molar-refractivity contribution < 1.29 is 19.1 Å². The number of aryl methyl sites for hydroxylation is 1. The first-order chi connectivity index (χ1) is 17.2. The van der Waals surface area contributed by atoms with Crippen molar-refractivity contribution in [1.29, 1.82) is 0 Å². The number of ether oxygens (including phenoxy) is 1. The molecule has 3 rings (SSSR count). The Morgan fingerprint density at radius 1 is 0.778 bits per heavy atom. The van der Waals surface area contributed by atoms with E-state index >= 15 is 0 Å². The number of nitrogens with two attached hydrogens (primary N) is 1. The summed E-state index contributed by atoms with van der Waals surface area (Å²) < 4.78 is 5.57. The van der Waals surface area contributed by atoms with Gasteiger partial charge in [0.2, 0.25) is 11.8 Å². The number of primary amides is 1.